The van der Waals surface area contributed by atoms with Crippen LogP contribution in [0.3, 0.4) is 0 Å². The van der Waals surface area contributed by atoms with Gasteiger partial charge in [0, 0.05) is 40.0 Å². The summed E-state index contributed by atoms with van der Waals surface area (Å²) >= 11 is 0. The van der Waals surface area contributed by atoms with Crippen LogP contribution >= 0.6 is 0 Å². The van der Waals surface area contributed by atoms with Crippen LogP contribution < -0.4 is 0 Å². The number of rotatable bonds is 5. The Hall–Kier alpha value is -6.60. The molecule has 1 unspecified atom stereocenters. The molecule has 7 heteroatoms. The molecule has 57 heavy (non-hydrogen) atoms. The predicted molar refractivity (Wildman–Crippen MR) is 229 cm³/mol. The topological polar surface area (TPSA) is 111 Å². The molecule has 5 aliphatic rings. The van der Waals surface area contributed by atoms with Gasteiger partial charge in [0.05, 0.1) is 5.56 Å². The molecule has 5 aliphatic carbocycles. The molecule has 10 rings (SSSR count). The van der Waals surface area contributed by atoms with E-state index in [1.165, 1.54) is 72.7 Å². The third-order valence-corrected chi connectivity index (χ3v) is 12.6. The van der Waals surface area contributed by atoms with E-state index in [1.54, 1.807) is 6.92 Å². The zero-order chi connectivity index (χ0) is 39.1. The number of phenols is 4. The van der Waals surface area contributed by atoms with Crippen LogP contribution in [0.1, 0.15) is 87.6 Å². The van der Waals surface area contributed by atoms with Crippen molar-refractivity contribution in [3.8, 4) is 39.8 Å². The van der Waals surface area contributed by atoms with Crippen LogP contribution in [-0.4, -0.2) is 36.5 Å². The number of hydrogen-bond acceptors (Lipinski definition) is 5. The minimum Gasteiger partial charge on any atom is -0.504 e. The highest BCUT2D eigenvalue weighted by Gasteiger charge is 2.32. The summed E-state index contributed by atoms with van der Waals surface area (Å²) in [5.41, 5.74) is 18.8. The second-order valence-corrected chi connectivity index (χ2v) is 15.8. The van der Waals surface area contributed by atoms with Crippen molar-refractivity contribution >= 4 is 29.3 Å². The van der Waals surface area contributed by atoms with Gasteiger partial charge in [-0.15, -0.1) is 0 Å². The largest absolute Gasteiger partial charge is 0.504 e. The van der Waals surface area contributed by atoms with Crippen molar-refractivity contribution in [2.24, 2.45) is 15.9 Å². The summed E-state index contributed by atoms with van der Waals surface area (Å²) in [4.78, 5) is 10.0. The first-order valence-corrected chi connectivity index (χ1v) is 19.8. The quantitative estimate of drug-likeness (QED) is 0.0609. The third-order valence-electron chi connectivity index (χ3n) is 12.6. The number of nitrogens with zero attached hydrogens (tertiary/aromatic N) is 3. The van der Waals surface area contributed by atoms with Gasteiger partial charge in [-0.05, 0) is 150 Å². The van der Waals surface area contributed by atoms with Gasteiger partial charge in [-0.25, -0.2) is 9.98 Å². The summed E-state index contributed by atoms with van der Waals surface area (Å²) in [5, 5.41) is 43.2. The Morgan fingerprint density at radius 1 is 0.702 bits per heavy atom. The van der Waals surface area contributed by atoms with Crippen LogP contribution in [0.2, 0.25) is 0 Å². The van der Waals surface area contributed by atoms with Crippen molar-refractivity contribution in [3.63, 3.8) is 0 Å². The lowest BCUT2D eigenvalue weighted by Gasteiger charge is -2.22. The number of hydrogen-bond donors (Lipinski definition) is 4. The van der Waals surface area contributed by atoms with E-state index in [-0.39, 0.29) is 22.9 Å². The van der Waals surface area contributed by atoms with Gasteiger partial charge in [0.1, 0.15) is 0 Å². The molecule has 282 valence electrons. The van der Waals surface area contributed by atoms with Gasteiger partial charge < -0.3 is 25.0 Å². The summed E-state index contributed by atoms with van der Waals surface area (Å²) in [7, 11) is 0. The standard InChI is InChI=1S/C50H43N3O4/c1-27-45(47(55)49(57)48(56)46(27)54)50(51-28(2)30-19-21-37-32(23-30)24-31-11-4-5-12-36(31)37)52-29(3)35-15-10-16-39-38-22-20-34(25-33(38)26-42(35)39)53-43-17-8-6-13-40(43)41-14-7-9-18-44(41)53/h4-5,8-12,16-23,25,35,54-57H,3,6-7,13-15,24,26H2,1-2H3. The highest BCUT2D eigenvalue weighted by molar-refractivity contribution is 6.14. The monoisotopic (exact) mass is 749 g/mol. The van der Waals surface area contributed by atoms with Crippen LogP contribution in [-0.2, 0) is 25.7 Å². The van der Waals surface area contributed by atoms with Crippen molar-refractivity contribution in [1.82, 2.24) is 4.57 Å². The van der Waals surface area contributed by atoms with E-state index in [4.69, 9.17) is 9.98 Å². The van der Waals surface area contributed by atoms with Gasteiger partial charge in [0.15, 0.2) is 17.3 Å². The molecule has 4 N–H and O–H groups in total. The molecule has 5 aromatic rings. The van der Waals surface area contributed by atoms with Crippen molar-refractivity contribution < 1.29 is 20.4 Å². The number of benzene rings is 4. The first-order valence-electron chi connectivity index (χ1n) is 19.8. The number of aliphatic imine (C=N–C) groups is 2. The highest BCUT2D eigenvalue weighted by Crippen LogP contribution is 2.49. The van der Waals surface area contributed by atoms with Gasteiger partial charge in [-0.2, -0.15) is 0 Å². The lowest BCUT2D eigenvalue weighted by atomic mass is 9.85. The molecule has 0 bridgehead atoms. The van der Waals surface area contributed by atoms with E-state index in [0.29, 0.717) is 17.8 Å². The molecular weight excluding hydrogens is 707 g/mol. The molecule has 0 saturated carbocycles. The van der Waals surface area contributed by atoms with Gasteiger partial charge in [0.25, 0.3) is 0 Å². The van der Waals surface area contributed by atoms with Crippen molar-refractivity contribution in [2.75, 3.05) is 0 Å². The summed E-state index contributed by atoms with van der Waals surface area (Å²) in [6, 6.07) is 21.5. The SMILES string of the molecule is C=C(N=C(N=C(C)c1ccc2c(c1)Cc1ccccc1-2)c1c(C)c(O)c(O)c(O)c1O)C1CC=CC2=C1Cc1cc(-n3c4c(c5c3C=CCC5)CCC=C4)ccc12. The molecule has 0 radical (unpaired) electrons. The maximum absolute atomic E-state index is 11.3. The lowest BCUT2D eigenvalue weighted by molar-refractivity contribution is 0.344. The molecule has 1 heterocycles. The first-order chi connectivity index (χ1) is 27.7. The Labute approximate surface area is 332 Å². The molecule has 7 nitrogen and oxygen atoms in total. The third kappa shape index (κ3) is 5.47. The highest BCUT2D eigenvalue weighted by atomic mass is 16.3. The number of amidine groups is 1. The zero-order valence-corrected chi connectivity index (χ0v) is 32.1. The number of fused-ring (bicyclic) bond motifs is 8. The van der Waals surface area contributed by atoms with E-state index in [1.807, 2.05) is 13.0 Å². The summed E-state index contributed by atoms with van der Waals surface area (Å²) in [6.45, 7) is 7.93. The van der Waals surface area contributed by atoms with Crippen LogP contribution in [0.25, 0.3) is 34.5 Å². The molecule has 0 aliphatic heterocycles. The fourth-order valence-electron chi connectivity index (χ4n) is 9.69. The minimum atomic E-state index is -0.835. The normalized spacial score (nSPS) is 17.6. The Morgan fingerprint density at radius 2 is 1.39 bits per heavy atom. The Bertz CT molecular complexity index is 2740. The average molecular weight is 750 g/mol. The van der Waals surface area contributed by atoms with Crippen molar-refractivity contribution in [2.45, 2.75) is 58.8 Å². The van der Waals surface area contributed by atoms with Gasteiger partial charge in [-0.3, -0.25) is 0 Å². The molecule has 1 aromatic heterocycles. The zero-order valence-electron chi connectivity index (χ0n) is 32.1. The maximum Gasteiger partial charge on any atom is 0.205 e. The fraction of sp³-hybridized carbons (Fsp3) is 0.200. The number of phenolic OH excluding ortho intramolecular Hbond substituents is 4. The molecule has 0 saturated heterocycles. The van der Waals surface area contributed by atoms with Gasteiger partial charge in [-0.1, -0.05) is 73.3 Å². The predicted octanol–water partition coefficient (Wildman–Crippen LogP) is 10.5. The summed E-state index contributed by atoms with van der Waals surface area (Å²) in [5.74, 6) is -2.86. The smallest absolute Gasteiger partial charge is 0.205 e. The minimum absolute atomic E-state index is 0.0262. The molecule has 0 fully saturated rings. The fourth-order valence-corrected chi connectivity index (χ4v) is 9.69. The summed E-state index contributed by atoms with van der Waals surface area (Å²) in [6.07, 6.45) is 20.1. The van der Waals surface area contributed by atoms with Crippen LogP contribution in [0, 0.1) is 12.8 Å². The Morgan fingerprint density at radius 3 is 2.16 bits per heavy atom. The second-order valence-electron chi connectivity index (χ2n) is 15.8. The molecule has 0 spiro atoms. The molecule has 0 amide bonds. The van der Waals surface area contributed by atoms with Gasteiger partial charge >= 0.3 is 0 Å². The first kappa shape index (κ1) is 34.9. The molecule has 1 atom stereocenters. The Balaban J connectivity index is 1.02. The van der Waals surface area contributed by atoms with Crippen LogP contribution in [0.15, 0.2) is 113 Å². The van der Waals surface area contributed by atoms with E-state index >= 15 is 0 Å². The lowest BCUT2D eigenvalue weighted by Crippen LogP contribution is -2.12. The van der Waals surface area contributed by atoms with Crippen molar-refractivity contribution in [1.29, 1.82) is 0 Å². The molecule has 4 aromatic carbocycles. The van der Waals surface area contributed by atoms with Crippen molar-refractivity contribution in [3.05, 3.63) is 164 Å². The van der Waals surface area contributed by atoms with E-state index in [2.05, 4.69) is 102 Å². The molecular formula is C50H43N3O4. The second kappa shape index (κ2) is 13.3. The summed E-state index contributed by atoms with van der Waals surface area (Å²) < 4.78 is 2.44. The number of aromatic nitrogens is 1. The van der Waals surface area contributed by atoms with E-state index in [0.717, 1.165) is 44.1 Å². The van der Waals surface area contributed by atoms with Crippen LogP contribution in [0.4, 0.5) is 0 Å². The maximum atomic E-state index is 11.3. The average Bonchev–Trinajstić information content (AvgIpc) is 3.91. The van der Waals surface area contributed by atoms with E-state index < -0.39 is 23.0 Å². The number of aromatic hydroxyl groups is 4. The number of allylic oxidation sites excluding steroid dienone is 6. The van der Waals surface area contributed by atoms with E-state index in [9.17, 15) is 20.4 Å². The Kier molecular flexibility index (Phi) is 8.11. The van der Waals surface area contributed by atoms with Gasteiger partial charge in [0.2, 0.25) is 11.5 Å². The van der Waals surface area contributed by atoms with Crippen LogP contribution in [0.5, 0.6) is 23.0 Å².